The van der Waals surface area contributed by atoms with Crippen LogP contribution in [0, 0.1) is 12.8 Å². The first-order valence-electron chi connectivity index (χ1n) is 8.99. The van der Waals surface area contributed by atoms with Gasteiger partial charge in [-0.25, -0.2) is 0 Å². The number of carbonyl (C=O) groups is 1. The van der Waals surface area contributed by atoms with Gasteiger partial charge in [0.1, 0.15) is 0 Å². The average Bonchev–Trinajstić information content (AvgIpc) is 3.04. The van der Waals surface area contributed by atoms with Crippen LogP contribution in [0.3, 0.4) is 0 Å². The zero-order valence-electron chi connectivity index (χ0n) is 15.2. The molecule has 0 bridgehead atoms. The Morgan fingerprint density at radius 1 is 1.21 bits per heavy atom. The quantitative estimate of drug-likeness (QED) is 0.830. The van der Waals surface area contributed by atoms with Crippen molar-refractivity contribution in [1.29, 1.82) is 0 Å². The summed E-state index contributed by atoms with van der Waals surface area (Å²) in [5.41, 5.74) is 0. The maximum Gasteiger partial charge on any atom is 0.233 e. The van der Waals surface area contributed by atoms with Gasteiger partial charge in [0, 0.05) is 59.2 Å². The molecule has 1 aromatic rings. The molecule has 7 nitrogen and oxygen atoms in total. The van der Waals surface area contributed by atoms with E-state index in [4.69, 9.17) is 4.42 Å². The SMILES string of the molecule is CC(=O)N1CCCN([C@@H]2CN([C@H](C)c3nnc(C)o3)C[C@@H]2C)CC1. The summed E-state index contributed by atoms with van der Waals surface area (Å²) in [6.45, 7) is 13.8. The van der Waals surface area contributed by atoms with E-state index in [2.05, 4.69) is 33.8 Å². The van der Waals surface area contributed by atoms with Crippen LogP contribution in [0.2, 0.25) is 0 Å². The van der Waals surface area contributed by atoms with E-state index in [9.17, 15) is 4.79 Å². The Bertz CT molecular complexity index is 575. The highest BCUT2D eigenvalue weighted by Gasteiger charge is 2.37. The first-order valence-corrected chi connectivity index (χ1v) is 8.99. The van der Waals surface area contributed by atoms with Crippen molar-refractivity contribution >= 4 is 5.91 Å². The fourth-order valence-electron chi connectivity index (χ4n) is 4.00. The first kappa shape index (κ1) is 17.4. The van der Waals surface area contributed by atoms with Crippen molar-refractivity contribution in [2.45, 2.75) is 46.2 Å². The molecule has 1 aromatic heterocycles. The summed E-state index contributed by atoms with van der Waals surface area (Å²) >= 11 is 0. The Kier molecular flexibility index (Phi) is 5.20. The van der Waals surface area contributed by atoms with Crippen LogP contribution in [-0.2, 0) is 4.79 Å². The van der Waals surface area contributed by atoms with Gasteiger partial charge in [-0.15, -0.1) is 10.2 Å². The maximum atomic E-state index is 11.6. The molecule has 0 N–H and O–H groups in total. The van der Waals surface area contributed by atoms with Crippen LogP contribution in [0.1, 0.15) is 45.0 Å². The van der Waals surface area contributed by atoms with E-state index in [0.717, 1.165) is 45.7 Å². The molecule has 0 unspecified atom stereocenters. The zero-order valence-corrected chi connectivity index (χ0v) is 15.2. The van der Waals surface area contributed by atoms with Crippen LogP contribution in [0.15, 0.2) is 4.42 Å². The molecular weight excluding hydrogens is 306 g/mol. The van der Waals surface area contributed by atoms with Crippen LogP contribution in [0.5, 0.6) is 0 Å². The Hall–Kier alpha value is -1.47. The topological polar surface area (TPSA) is 65.7 Å². The highest BCUT2D eigenvalue weighted by atomic mass is 16.4. The van der Waals surface area contributed by atoms with Crippen molar-refractivity contribution in [3.63, 3.8) is 0 Å². The van der Waals surface area contributed by atoms with Gasteiger partial charge in [-0.2, -0.15) is 0 Å². The van der Waals surface area contributed by atoms with E-state index in [1.165, 1.54) is 0 Å². The molecule has 0 radical (unpaired) electrons. The summed E-state index contributed by atoms with van der Waals surface area (Å²) < 4.78 is 5.61. The van der Waals surface area contributed by atoms with Crippen molar-refractivity contribution < 1.29 is 9.21 Å². The van der Waals surface area contributed by atoms with Gasteiger partial charge in [0.2, 0.25) is 17.7 Å². The van der Waals surface area contributed by atoms with E-state index in [0.29, 0.717) is 23.7 Å². The maximum absolute atomic E-state index is 11.6. The number of likely N-dealkylation sites (tertiary alicyclic amines) is 1. The van der Waals surface area contributed by atoms with Gasteiger partial charge in [0.25, 0.3) is 0 Å². The predicted octanol–water partition coefficient (Wildman–Crippen LogP) is 1.31. The molecule has 7 heteroatoms. The van der Waals surface area contributed by atoms with Crippen LogP contribution in [0.25, 0.3) is 0 Å². The second kappa shape index (κ2) is 7.19. The normalized spacial score (nSPS) is 28.1. The fraction of sp³-hybridized carbons (Fsp3) is 0.824. The molecule has 1 amide bonds. The molecule has 3 rings (SSSR count). The summed E-state index contributed by atoms with van der Waals surface area (Å²) in [5, 5.41) is 8.13. The highest BCUT2D eigenvalue weighted by molar-refractivity contribution is 5.73. The van der Waals surface area contributed by atoms with Crippen molar-refractivity contribution in [2.24, 2.45) is 5.92 Å². The van der Waals surface area contributed by atoms with E-state index in [1.54, 1.807) is 6.92 Å². The number of amides is 1. The average molecular weight is 335 g/mol. The van der Waals surface area contributed by atoms with Crippen molar-refractivity contribution in [3.05, 3.63) is 11.8 Å². The van der Waals surface area contributed by atoms with Crippen LogP contribution in [-0.4, -0.2) is 76.1 Å². The molecule has 0 aromatic carbocycles. The molecule has 0 saturated carbocycles. The van der Waals surface area contributed by atoms with Gasteiger partial charge in [-0.05, 0) is 19.3 Å². The van der Waals surface area contributed by atoms with E-state index >= 15 is 0 Å². The minimum absolute atomic E-state index is 0.152. The van der Waals surface area contributed by atoms with Crippen molar-refractivity contribution in [1.82, 2.24) is 24.9 Å². The number of hydrogen-bond acceptors (Lipinski definition) is 6. The number of carbonyl (C=O) groups excluding carboxylic acids is 1. The van der Waals surface area contributed by atoms with E-state index in [-0.39, 0.29) is 11.9 Å². The molecular formula is C17H29N5O2. The Morgan fingerprint density at radius 3 is 2.67 bits per heavy atom. The minimum atomic E-state index is 0.152. The predicted molar refractivity (Wildman–Crippen MR) is 90.4 cm³/mol. The third-order valence-corrected chi connectivity index (χ3v) is 5.49. The van der Waals surface area contributed by atoms with Gasteiger partial charge in [0.15, 0.2) is 0 Å². The second-order valence-electron chi connectivity index (χ2n) is 7.23. The largest absolute Gasteiger partial charge is 0.424 e. The molecule has 2 aliphatic rings. The Morgan fingerprint density at radius 2 is 2.00 bits per heavy atom. The minimum Gasteiger partial charge on any atom is -0.424 e. The molecule has 3 atom stereocenters. The highest BCUT2D eigenvalue weighted by Crippen LogP contribution is 2.29. The van der Waals surface area contributed by atoms with Gasteiger partial charge < -0.3 is 9.32 Å². The summed E-state index contributed by atoms with van der Waals surface area (Å²) in [6, 6.07) is 0.683. The number of aromatic nitrogens is 2. The van der Waals surface area contributed by atoms with Gasteiger partial charge in [-0.1, -0.05) is 6.92 Å². The Labute approximate surface area is 144 Å². The summed E-state index contributed by atoms with van der Waals surface area (Å²) in [7, 11) is 0. The molecule has 0 spiro atoms. The van der Waals surface area contributed by atoms with Crippen LogP contribution < -0.4 is 0 Å². The van der Waals surface area contributed by atoms with Crippen LogP contribution in [0.4, 0.5) is 0 Å². The van der Waals surface area contributed by atoms with Gasteiger partial charge >= 0.3 is 0 Å². The smallest absolute Gasteiger partial charge is 0.233 e. The molecule has 134 valence electrons. The molecule has 2 aliphatic heterocycles. The summed E-state index contributed by atoms with van der Waals surface area (Å²) in [5.74, 6) is 2.12. The number of nitrogens with zero attached hydrogens (tertiary/aromatic N) is 5. The zero-order chi connectivity index (χ0) is 17.3. The number of hydrogen-bond donors (Lipinski definition) is 0. The lowest BCUT2D eigenvalue weighted by Gasteiger charge is -2.30. The number of rotatable bonds is 3. The lowest BCUT2D eigenvalue weighted by Crippen LogP contribution is -2.43. The monoisotopic (exact) mass is 335 g/mol. The summed E-state index contributed by atoms with van der Waals surface area (Å²) in [6.07, 6.45) is 1.06. The summed E-state index contributed by atoms with van der Waals surface area (Å²) in [4.78, 5) is 18.6. The lowest BCUT2D eigenvalue weighted by atomic mass is 10.0. The molecule has 24 heavy (non-hydrogen) atoms. The third kappa shape index (κ3) is 3.62. The molecule has 2 saturated heterocycles. The lowest BCUT2D eigenvalue weighted by molar-refractivity contribution is -0.128. The molecule has 0 aliphatic carbocycles. The second-order valence-corrected chi connectivity index (χ2v) is 7.23. The first-order chi connectivity index (χ1) is 11.5. The Balaban J connectivity index is 1.62. The van der Waals surface area contributed by atoms with Gasteiger partial charge in [-0.3, -0.25) is 14.6 Å². The molecule has 2 fully saturated rings. The van der Waals surface area contributed by atoms with Gasteiger partial charge in [0.05, 0.1) is 6.04 Å². The van der Waals surface area contributed by atoms with E-state index in [1.807, 2.05) is 11.8 Å². The fourth-order valence-corrected chi connectivity index (χ4v) is 4.00. The van der Waals surface area contributed by atoms with Crippen molar-refractivity contribution in [2.75, 3.05) is 39.3 Å². The standard InChI is InChI=1S/C17H29N5O2/c1-12-10-22(13(2)17-19-18-14(3)24-17)11-16(12)21-7-5-6-20(8-9-21)15(4)23/h12-13,16H,5-11H2,1-4H3/t12-,13+,16+/m0/s1. The molecule has 3 heterocycles. The van der Waals surface area contributed by atoms with E-state index < -0.39 is 0 Å². The number of aryl methyl sites for hydroxylation is 1. The third-order valence-electron chi connectivity index (χ3n) is 5.49. The van der Waals surface area contributed by atoms with Crippen LogP contribution >= 0.6 is 0 Å². The van der Waals surface area contributed by atoms with Crippen molar-refractivity contribution in [3.8, 4) is 0 Å².